The minimum absolute atomic E-state index is 0.278. The van der Waals surface area contributed by atoms with Crippen LogP contribution in [0.4, 0.5) is 4.39 Å². The Bertz CT molecular complexity index is 337. The minimum atomic E-state index is -0.751. The van der Waals surface area contributed by atoms with Crippen molar-refractivity contribution in [1.29, 1.82) is 0 Å². The summed E-state index contributed by atoms with van der Waals surface area (Å²) in [6.07, 6.45) is 5.17. The monoisotopic (exact) mass is 212 g/mol. The van der Waals surface area contributed by atoms with E-state index in [9.17, 15) is 9.50 Å². The summed E-state index contributed by atoms with van der Waals surface area (Å²) in [5, 5.41) is 9.86. The van der Waals surface area contributed by atoms with Crippen LogP contribution in [-0.2, 0) is 0 Å². The van der Waals surface area contributed by atoms with E-state index in [1.807, 2.05) is 0 Å². The highest BCUT2D eigenvalue weighted by atomic mass is 35.5. The molecule has 0 saturated carbocycles. The molecule has 14 heavy (non-hydrogen) atoms. The van der Waals surface area contributed by atoms with Crippen LogP contribution >= 0.6 is 11.6 Å². The number of aliphatic hydroxyl groups excluding tert-OH is 1. The van der Waals surface area contributed by atoms with Crippen molar-refractivity contribution in [2.24, 2.45) is 0 Å². The van der Waals surface area contributed by atoms with Crippen molar-refractivity contribution in [3.8, 4) is 12.3 Å². The highest BCUT2D eigenvalue weighted by molar-refractivity contribution is 6.30. The SMILES string of the molecule is C#CCCC(O)c1cc(F)cc(Cl)c1. The third kappa shape index (κ3) is 3.02. The van der Waals surface area contributed by atoms with Gasteiger partial charge in [0.1, 0.15) is 5.82 Å². The first-order valence-electron chi connectivity index (χ1n) is 4.21. The fourth-order valence-electron chi connectivity index (χ4n) is 1.15. The smallest absolute Gasteiger partial charge is 0.125 e. The number of hydrogen-bond acceptors (Lipinski definition) is 1. The summed E-state index contributed by atoms with van der Waals surface area (Å²) in [6.45, 7) is 0. The number of benzene rings is 1. The Hall–Kier alpha value is -1.04. The van der Waals surface area contributed by atoms with E-state index < -0.39 is 11.9 Å². The van der Waals surface area contributed by atoms with Gasteiger partial charge in [-0.05, 0) is 30.2 Å². The van der Waals surface area contributed by atoms with Gasteiger partial charge in [-0.25, -0.2) is 4.39 Å². The normalized spacial score (nSPS) is 12.1. The van der Waals surface area contributed by atoms with E-state index >= 15 is 0 Å². The molecule has 1 nitrogen and oxygen atoms in total. The fraction of sp³-hybridized carbons (Fsp3) is 0.273. The Morgan fingerprint density at radius 1 is 1.50 bits per heavy atom. The van der Waals surface area contributed by atoms with Crippen molar-refractivity contribution in [3.63, 3.8) is 0 Å². The molecule has 0 aliphatic heterocycles. The predicted octanol–water partition coefficient (Wildman–Crippen LogP) is 2.93. The van der Waals surface area contributed by atoms with Crippen LogP contribution in [0.15, 0.2) is 18.2 Å². The molecule has 0 amide bonds. The molecule has 3 heteroatoms. The Morgan fingerprint density at radius 3 is 2.79 bits per heavy atom. The van der Waals surface area contributed by atoms with E-state index in [1.165, 1.54) is 18.2 Å². The van der Waals surface area contributed by atoms with Crippen LogP contribution in [0.3, 0.4) is 0 Å². The highest BCUT2D eigenvalue weighted by Crippen LogP contribution is 2.22. The van der Waals surface area contributed by atoms with E-state index in [4.69, 9.17) is 18.0 Å². The average Bonchev–Trinajstić information content (AvgIpc) is 2.12. The zero-order valence-electron chi connectivity index (χ0n) is 7.50. The van der Waals surface area contributed by atoms with Crippen molar-refractivity contribution in [2.45, 2.75) is 18.9 Å². The Labute approximate surface area is 87.5 Å². The number of rotatable bonds is 3. The molecule has 0 fully saturated rings. The number of hydrogen-bond donors (Lipinski definition) is 1. The number of halogens is 2. The molecular weight excluding hydrogens is 203 g/mol. The zero-order valence-corrected chi connectivity index (χ0v) is 8.26. The van der Waals surface area contributed by atoms with Gasteiger partial charge in [0.25, 0.3) is 0 Å². The third-order valence-electron chi connectivity index (χ3n) is 1.83. The topological polar surface area (TPSA) is 20.2 Å². The molecule has 1 atom stereocenters. The molecule has 0 bridgehead atoms. The molecule has 0 aliphatic rings. The molecule has 74 valence electrons. The van der Waals surface area contributed by atoms with Crippen molar-refractivity contribution >= 4 is 11.6 Å². The van der Waals surface area contributed by atoms with Crippen LogP contribution in [0, 0.1) is 18.2 Å². The van der Waals surface area contributed by atoms with Gasteiger partial charge < -0.3 is 5.11 Å². The van der Waals surface area contributed by atoms with Gasteiger partial charge in [-0.3, -0.25) is 0 Å². The van der Waals surface area contributed by atoms with Gasteiger partial charge >= 0.3 is 0 Å². The number of aliphatic hydroxyl groups is 1. The second kappa shape index (κ2) is 4.99. The van der Waals surface area contributed by atoms with Gasteiger partial charge in [0, 0.05) is 11.4 Å². The lowest BCUT2D eigenvalue weighted by Crippen LogP contribution is -1.97. The minimum Gasteiger partial charge on any atom is -0.388 e. The van der Waals surface area contributed by atoms with Crippen LogP contribution in [0.5, 0.6) is 0 Å². The lowest BCUT2D eigenvalue weighted by molar-refractivity contribution is 0.169. The third-order valence-corrected chi connectivity index (χ3v) is 2.05. The average molecular weight is 213 g/mol. The Morgan fingerprint density at radius 2 is 2.21 bits per heavy atom. The van der Waals surface area contributed by atoms with Gasteiger partial charge in [0.2, 0.25) is 0 Å². The van der Waals surface area contributed by atoms with Crippen LogP contribution in [-0.4, -0.2) is 5.11 Å². The molecule has 0 heterocycles. The molecule has 0 spiro atoms. The fourth-order valence-corrected chi connectivity index (χ4v) is 1.38. The molecule has 1 aromatic carbocycles. The first kappa shape index (κ1) is 11.0. The van der Waals surface area contributed by atoms with Gasteiger partial charge in [0.05, 0.1) is 6.10 Å². The molecule has 1 aromatic rings. The second-order valence-corrected chi connectivity index (χ2v) is 3.40. The van der Waals surface area contributed by atoms with Crippen molar-refractivity contribution < 1.29 is 9.50 Å². The maximum atomic E-state index is 12.9. The predicted molar refractivity (Wildman–Crippen MR) is 54.4 cm³/mol. The van der Waals surface area contributed by atoms with Gasteiger partial charge in [-0.2, -0.15) is 0 Å². The summed E-state index contributed by atoms with van der Waals surface area (Å²) in [5.74, 6) is 1.96. The lowest BCUT2D eigenvalue weighted by atomic mass is 10.1. The zero-order chi connectivity index (χ0) is 10.6. The summed E-state index contributed by atoms with van der Waals surface area (Å²) in [6, 6.07) is 3.98. The van der Waals surface area contributed by atoms with E-state index in [-0.39, 0.29) is 5.02 Å². The molecule has 0 aromatic heterocycles. The molecule has 0 aliphatic carbocycles. The summed E-state index contributed by atoms with van der Waals surface area (Å²) < 4.78 is 12.9. The van der Waals surface area contributed by atoms with Crippen molar-refractivity contribution in [2.75, 3.05) is 0 Å². The molecule has 1 N–H and O–H groups in total. The first-order valence-corrected chi connectivity index (χ1v) is 4.59. The molecule has 0 radical (unpaired) electrons. The van der Waals surface area contributed by atoms with Crippen LogP contribution in [0.1, 0.15) is 24.5 Å². The van der Waals surface area contributed by atoms with E-state index in [0.29, 0.717) is 18.4 Å². The molecule has 0 saturated heterocycles. The van der Waals surface area contributed by atoms with Gasteiger partial charge in [-0.15, -0.1) is 12.3 Å². The summed E-state index contributed by atoms with van der Waals surface area (Å²) in [5.41, 5.74) is 0.463. The lowest BCUT2D eigenvalue weighted by Gasteiger charge is -2.09. The van der Waals surface area contributed by atoms with Gasteiger partial charge in [-0.1, -0.05) is 11.6 Å². The molecular formula is C11H10ClFO. The summed E-state index contributed by atoms with van der Waals surface area (Å²) in [7, 11) is 0. The van der Waals surface area contributed by atoms with E-state index in [1.54, 1.807) is 0 Å². The van der Waals surface area contributed by atoms with E-state index in [0.717, 1.165) is 0 Å². The maximum Gasteiger partial charge on any atom is 0.125 e. The largest absolute Gasteiger partial charge is 0.388 e. The quantitative estimate of drug-likeness (QED) is 0.764. The Kier molecular flexibility index (Phi) is 3.94. The van der Waals surface area contributed by atoms with Gasteiger partial charge in [0.15, 0.2) is 0 Å². The van der Waals surface area contributed by atoms with E-state index in [2.05, 4.69) is 5.92 Å². The Balaban J connectivity index is 2.79. The van der Waals surface area contributed by atoms with Crippen LogP contribution in [0.25, 0.3) is 0 Å². The first-order chi connectivity index (χ1) is 6.63. The number of terminal acetylenes is 1. The summed E-state index contributed by atoms with van der Waals surface area (Å²) >= 11 is 5.64. The van der Waals surface area contributed by atoms with Crippen LogP contribution < -0.4 is 0 Å². The van der Waals surface area contributed by atoms with Crippen LogP contribution in [0.2, 0.25) is 5.02 Å². The molecule has 1 unspecified atom stereocenters. The summed E-state index contributed by atoms with van der Waals surface area (Å²) in [4.78, 5) is 0. The van der Waals surface area contributed by atoms with Crippen molar-refractivity contribution in [3.05, 3.63) is 34.6 Å². The maximum absolute atomic E-state index is 12.9. The standard InChI is InChI=1S/C11H10ClFO/c1-2-3-4-11(14)8-5-9(12)7-10(13)6-8/h1,5-7,11,14H,3-4H2. The second-order valence-electron chi connectivity index (χ2n) is 2.96. The highest BCUT2D eigenvalue weighted by Gasteiger charge is 2.08. The molecule has 1 rings (SSSR count). The van der Waals surface area contributed by atoms with Crippen molar-refractivity contribution in [1.82, 2.24) is 0 Å².